The Labute approximate surface area is 363 Å². The van der Waals surface area contributed by atoms with Crippen molar-refractivity contribution in [3.63, 3.8) is 0 Å². The second kappa shape index (κ2) is 33.7. The molecule has 61 heavy (non-hydrogen) atoms. The molecule has 2 aliphatic heterocycles. The van der Waals surface area contributed by atoms with Crippen molar-refractivity contribution in [3.05, 3.63) is 85.1 Å². The maximum absolute atomic E-state index is 13.1. The lowest BCUT2D eigenvalue weighted by Gasteiger charge is -2.46. The largest absolute Gasteiger partial charge is 0.394 e. The molecule has 0 aromatic rings. The van der Waals surface area contributed by atoms with Crippen LogP contribution in [0.3, 0.4) is 0 Å². The molecule has 0 aromatic heterocycles. The van der Waals surface area contributed by atoms with Crippen molar-refractivity contribution in [1.82, 2.24) is 5.32 Å². The summed E-state index contributed by atoms with van der Waals surface area (Å²) >= 11 is 0. The molecule has 0 radical (unpaired) electrons. The Kier molecular flexibility index (Phi) is 30.0. The number of nitrogens with one attached hydrogen (secondary N) is 1. The van der Waals surface area contributed by atoms with Crippen molar-refractivity contribution >= 4 is 5.91 Å². The van der Waals surface area contributed by atoms with Gasteiger partial charge in [0, 0.05) is 6.42 Å². The predicted octanol–water partition coefficient (Wildman–Crippen LogP) is 4.26. The normalized spacial score (nSPS) is 28.8. The Morgan fingerprint density at radius 3 is 1.72 bits per heavy atom. The molecule has 14 heteroatoms. The summed E-state index contributed by atoms with van der Waals surface area (Å²) in [7, 11) is 0. The van der Waals surface area contributed by atoms with Crippen LogP contribution in [-0.2, 0) is 23.7 Å². The van der Waals surface area contributed by atoms with Crippen LogP contribution < -0.4 is 5.32 Å². The van der Waals surface area contributed by atoms with Crippen LogP contribution in [0.15, 0.2) is 85.1 Å². The average molecular weight is 864 g/mol. The van der Waals surface area contributed by atoms with Gasteiger partial charge in [-0.25, -0.2) is 0 Å². The molecule has 2 aliphatic rings. The molecule has 2 rings (SSSR count). The minimum absolute atomic E-state index is 0.236. The molecule has 0 aromatic carbocycles. The summed E-state index contributed by atoms with van der Waals surface area (Å²) < 4.78 is 22.5. The molecular formula is C47H77NO13. The van der Waals surface area contributed by atoms with E-state index in [4.69, 9.17) is 18.9 Å². The number of aliphatic hydroxyl groups excluding tert-OH is 8. The number of allylic oxidation sites excluding steroid dienone is 13. The summed E-state index contributed by atoms with van der Waals surface area (Å²) in [6.45, 7) is 2.45. The molecule has 0 bridgehead atoms. The number of carbonyl (C=O) groups is 1. The van der Waals surface area contributed by atoms with Gasteiger partial charge in [-0.2, -0.15) is 0 Å². The van der Waals surface area contributed by atoms with Gasteiger partial charge in [-0.15, -0.1) is 0 Å². The standard InChI is InChI=1S/C47H77NO13/c1-3-5-7-9-11-13-15-16-17-18-19-20-21-23-25-27-29-31-39(52)48-35(36(51)30-28-26-24-22-14-12-10-8-6-4-2)34-58-46-44(57)42(55)45(38(33-50)60-46)61-47-43(56)41(54)40(53)37(32-49)59-47/h5-8,11,13-14,16-17,19-20,22,28,30,35-38,40-47,49-51,53-57H,3-4,9-10,12,15,18,21,23-27,29,31-34H2,1-2H3,(H,48,52)/b7-5-,8-6+,13-11-,17-16-,20-19-,22-14+,30-28+. The Hall–Kier alpha value is -2.83. The summed E-state index contributed by atoms with van der Waals surface area (Å²) in [4.78, 5) is 13.1. The minimum Gasteiger partial charge on any atom is -0.394 e. The molecule has 348 valence electrons. The van der Waals surface area contributed by atoms with Gasteiger partial charge in [0.25, 0.3) is 0 Å². The Morgan fingerprint density at radius 2 is 1.10 bits per heavy atom. The molecule has 12 unspecified atom stereocenters. The number of ether oxygens (including phenoxy) is 4. The number of aliphatic hydroxyl groups is 8. The van der Waals surface area contributed by atoms with Crippen LogP contribution in [0, 0.1) is 0 Å². The number of hydrogen-bond acceptors (Lipinski definition) is 13. The van der Waals surface area contributed by atoms with Crippen LogP contribution in [0.2, 0.25) is 0 Å². The van der Waals surface area contributed by atoms with Gasteiger partial charge < -0.3 is 65.1 Å². The quantitative estimate of drug-likeness (QED) is 0.0351. The third kappa shape index (κ3) is 21.9. The zero-order valence-corrected chi connectivity index (χ0v) is 36.4. The van der Waals surface area contributed by atoms with Crippen molar-refractivity contribution in [3.8, 4) is 0 Å². The van der Waals surface area contributed by atoms with Gasteiger partial charge in [-0.1, -0.05) is 112 Å². The van der Waals surface area contributed by atoms with E-state index in [1.165, 1.54) is 0 Å². The summed E-state index contributed by atoms with van der Waals surface area (Å²) in [6, 6.07) is -0.952. The molecule has 0 saturated carbocycles. The van der Waals surface area contributed by atoms with Crippen molar-refractivity contribution in [2.24, 2.45) is 0 Å². The number of rotatable bonds is 31. The Morgan fingerprint density at radius 1 is 0.590 bits per heavy atom. The van der Waals surface area contributed by atoms with Crippen LogP contribution in [0.5, 0.6) is 0 Å². The van der Waals surface area contributed by atoms with Crippen LogP contribution in [0.25, 0.3) is 0 Å². The first kappa shape index (κ1) is 54.3. The highest BCUT2D eigenvalue weighted by Gasteiger charge is 2.50. The van der Waals surface area contributed by atoms with Crippen molar-refractivity contribution in [2.45, 2.75) is 184 Å². The van der Waals surface area contributed by atoms with Crippen LogP contribution in [0.1, 0.15) is 110 Å². The van der Waals surface area contributed by atoms with Crippen LogP contribution in [-0.4, -0.2) is 140 Å². The first-order valence-electron chi connectivity index (χ1n) is 22.3. The average Bonchev–Trinajstić information content (AvgIpc) is 3.26. The lowest BCUT2D eigenvalue weighted by atomic mass is 9.97. The predicted molar refractivity (Wildman–Crippen MR) is 235 cm³/mol. The number of amides is 1. The molecule has 9 N–H and O–H groups in total. The van der Waals surface area contributed by atoms with Gasteiger partial charge in [0.1, 0.15) is 48.8 Å². The maximum Gasteiger partial charge on any atom is 0.220 e. The monoisotopic (exact) mass is 864 g/mol. The fraction of sp³-hybridized carbons (Fsp3) is 0.681. The highest BCUT2D eigenvalue weighted by atomic mass is 16.7. The van der Waals surface area contributed by atoms with Crippen molar-refractivity contribution < 1.29 is 64.6 Å². The fourth-order valence-corrected chi connectivity index (χ4v) is 6.67. The number of unbranched alkanes of at least 4 members (excludes halogenated alkanes) is 6. The molecular weight excluding hydrogens is 787 g/mol. The van der Waals surface area contributed by atoms with Gasteiger partial charge in [-0.3, -0.25) is 4.79 Å². The van der Waals surface area contributed by atoms with Gasteiger partial charge in [-0.05, 0) is 77.0 Å². The van der Waals surface area contributed by atoms with Gasteiger partial charge in [0.05, 0.1) is 32.0 Å². The van der Waals surface area contributed by atoms with E-state index in [0.29, 0.717) is 12.8 Å². The molecule has 2 heterocycles. The zero-order chi connectivity index (χ0) is 44.7. The van der Waals surface area contributed by atoms with E-state index in [2.05, 4.69) is 92.1 Å². The van der Waals surface area contributed by atoms with Crippen LogP contribution >= 0.6 is 0 Å². The first-order chi connectivity index (χ1) is 29.6. The van der Waals surface area contributed by atoms with E-state index in [1.807, 2.05) is 6.08 Å². The highest BCUT2D eigenvalue weighted by molar-refractivity contribution is 5.76. The molecule has 12 atom stereocenters. The molecule has 0 spiro atoms. The second-order valence-corrected chi connectivity index (χ2v) is 15.4. The maximum atomic E-state index is 13.1. The Balaban J connectivity index is 1.91. The molecule has 0 aliphatic carbocycles. The van der Waals surface area contributed by atoms with Gasteiger partial charge >= 0.3 is 0 Å². The zero-order valence-electron chi connectivity index (χ0n) is 36.4. The van der Waals surface area contributed by atoms with Gasteiger partial charge in [0.15, 0.2) is 12.6 Å². The molecule has 2 saturated heterocycles. The third-order valence-electron chi connectivity index (χ3n) is 10.3. The summed E-state index contributed by atoms with van der Waals surface area (Å²) in [5.41, 5.74) is 0. The lowest BCUT2D eigenvalue weighted by Crippen LogP contribution is -2.65. The van der Waals surface area contributed by atoms with Gasteiger partial charge in [0.2, 0.25) is 5.91 Å². The van der Waals surface area contributed by atoms with E-state index in [1.54, 1.807) is 6.08 Å². The molecule has 14 nitrogen and oxygen atoms in total. The number of hydrogen-bond donors (Lipinski definition) is 9. The first-order valence-corrected chi connectivity index (χ1v) is 22.3. The smallest absolute Gasteiger partial charge is 0.220 e. The van der Waals surface area contributed by atoms with Crippen LogP contribution in [0.4, 0.5) is 0 Å². The second-order valence-electron chi connectivity index (χ2n) is 15.4. The Bertz CT molecular complexity index is 1350. The van der Waals surface area contributed by atoms with E-state index >= 15 is 0 Å². The molecule has 2 fully saturated rings. The topological polar surface area (TPSA) is 228 Å². The summed E-state index contributed by atoms with van der Waals surface area (Å²) in [5, 5.41) is 86.3. The SMILES string of the molecule is CC/C=C\C/C=C\C/C=C\C/C=C\CCCCCCC(=O)NC(COC1OC(CO)C(OC2OC(CO)C(O)C(O)C2O)C(O)C1O)C(O)/C=C/CC/C=C/CC/C=C/CC. The number of carbonyl (C=O) groups excluding carboxylic acids is 1. The van der Waals surface area contributed by atoms with E-state index in [0.717, 1.165) is 77.0 Å². The van der Waals surface area contributed by atoms with E-state index in [9.17, 15) is 45.6 Å². The summed E-state index contributed by atoms with van der Waals surface area (Å²) in [6.07, 6.45) is 25.0. The van der Waals surface area contributed by atoms with Crippen molar-refractivity contribution in [1.29, 1.82) is 0 Å². The lowest BCUT2D eigenvalue weighted by molar-refractivity contribution is -0.359. The van der Waals surface area contributed by atoms with E-state index in [-0.39, 0.29) is 18.9 Å². The summed E-state index contributed by atoms with van der Waals surface area (Å²) in [5.74, 6) is -0.286. The molecule has 1 amide bonds. The minimum atomic E-state index is -1.80. The van der Waals surface area contributed by atoms with Crippen molar-refractivity contribution in [2.75, 3.05) is 19.8 Å². The third-order valence-corrected chi connectivity index (χ3v) is 10.3. The fourth-order valence-electron chi connectivity index (χ4n) is 6.67. The highest BCUT2D eigenvalue weighted by Crippen LogP contribution is 2.29. The van der Waals surface area contributed by atoms with E-state index < -0.39 is 86.8 Å².